The van der Waals surface area contributed by atoms with E-state index in [1.165, 1.54) is 11.0 Å². The number of nitrogens with zero attached hydrogens (tertiary/aromatic N) is 3. The summed E-state index contributed by atoms with van der Waals surface area (Å²) in [5.41, 5.74) is 3.55. The lowest BCUT2D eigenvalue weighted by atomic mass is 9.57. The summed E-state index contributed by atoms with van der Waals surface area (Å²) in [6.45, 7) is 6.39. The highest BCUT2D eigenvalue weighted by molar-refractivity contribution is 6.24. The first kappa shape index (κ1) is 32.5. The fourth-order valence-corrected chi connectivity index (χ4v) is 7.50. The normalized spacial score (nSPS) is 26.5. The van der Waals surface area contributed by atoms with Crippen LogP contribution in [0.15, 0.2) is 23.0 Å². The maximum absolute atomic E-state index is 14.1. The van der Waals surface area contributed by atoms with Crippen LogP contribution < -0.4 is 10.6 Å². The second-order valence-electron chi connectivity index (χ2n) is 13.6. The number of hydrogen-bond acceptors (Lipinski definition) is 11. The fraction of sp³-hybridized carbons (Fsp3) is 0.581. The lowest BCUT2D eigenvalue weighted by Gasteiger charge is -2.50. The van der Waals surface area contributed by atoms with Crippen molar-refractivity contribution in [3.05, 3.63) is 39.7 Å². The van der Waals surface area contributed by atoms with Crippen molar-refractivity contribution >= 4 is 28.9 Å². The molecule has 12 nitrogen and oxygen atoms in total. The lowest BCUT2D eigenvalue weighted by molar-refractivity contribution is -0.153. The SMILES string of the molecule is CN(C)c1c(CN(C)[C@H](CO)C(C)(C)C)cc(O)c2c1C[C@H]1C[C@H]3[C@H](N(C)C)C(=O)C(C(N)=O)=C(O)[C@@]3(O)C(=O)C1=C2O. The van der Waals surface area contributed by atoms with E-state index in [0.29, 0.717) is 12.1 Å². The van der Waals surface area contributed by atoms with Gasteiger partial charge in [0, 0.05) is 43.9 Å². The highest BCUT2D eigenvalue weighted by Crippen LogP contribution is 2.54. The van der Waals surface area contributed by atoms with Crippen molar-refractivity contribution in [3.63, 3.8) is 0 Å². The van der Waals surface area contributed by atoms with Gasteiger partial charge in [-0.3, -0.25) is 24.2 Å². The maximum Gasteiger partial charge on any atom is 0.255 e. The van der Waals surface area contributed by atoms with E-state index in [1.807, 2.05) is 51.7 Å². The van der Waals surface area contributed by atoms with Crippen LogP contribution in [0.5, 0.6) is 5.75 Å². The molecule has 0 saturated heterocycles. The van der Waals surface area contributed by atoms with E-state index in [-0.39, 0.29) is 47.8 Å². The molecule has 0 aromatic heterocycles. The average Bonchev–Trinajstić information content (AvgIpc) is 2.84. The number of aromatic hydroxyl groups is 1. The summed E-state index contributed by atoms with van der Waals surface area (Å²) in [6.07, 6.45) is 0.204. The van der Waals surface area contributed by atoms with Crippen molar-refractivity contribution in [2.45, 2.75) is 57.8 Å². The van der Waals surface area contributed by atoms with Crippen LogP contribution in [0.1, 0.15) is 43.9 Å². The summed E-state index contributed by atoms with van der Waals surface area (Å²) >= 11 is 0. The number of aliphatic hydroxyl groups excluding tert-OH is 3. The van der Waals surface area contributed by atoms with Gasteiger partial charge in [-0.05, 0) is 62.5 Å². The van der Waals surface area contributed by atoms with Crippen molar-refractivity contribution < 1.29 is 39.9 Å². The van der Waals surface area contributed by atoms with Crippen LogP contribution in [0.4, 0.5) is 5.69 Å². The van der Waals surface area contributed by atoms with E-state index in [4.69, 9.17) is 5.73 Å². The van der Waals surface area contributed by atoms with Gasteiger partial charge in [0.25, 0.3) is 5.91 Å². The van der Waals surface area contributed by atoms with Crippen LogP contribution in [-0.2, 0) is 27.3 Å². The van der Waals surface area contributed by atoms with Crippen LogP contribution in [0, 0.1) is 17.3 Å². The zero-order valence-corrected chi connectivity index (χ0v) is 26.1. The minimum atomic E-state index is -2.68. The molecule has 5 atom stereocenters. The molecule has 236 valence electrons. The molecule has 1 amide bonds. The summed E-state index contributed by atoms with van der Waals surface area (Å²) in [5.74, 6) is -6.84. The first-order valence-corrected chi connectivity index (χ1v) is 14.3. The molecular formula is C31H44N4O8. The summed E-state index contributed by atoms with van der Waals surface area (Å²) in [5, 5.41) is 55.7. The number of ketones is 2. The molecule has 1 aromatic rings. The summed E-state index contributed by atoms with van der Waals surface area (Å²) in [7, 11) is 8.69. The van der Waals surface area contributed by atoms with Crippen LogP contribution in [0.2, 0.25) is 0 Å². The van der Waals surface area contributed by atoms with E-state index < -0.39 is 58.0 Å². The molecule has 12 heteroatoms. The van der Waals surface area contributed by atoms with E-state index in [9.17, 15) is 39.9 Å². The van der Waals surface area contributed by atoms with Crippen LogP contribution in [0.3, 0.4) is 0 Å². The molecule has 0 spiro atoms. The van der Waals surface area contributed by atoms with Crippen LogP contribution in [-0.4, -0.2) is 112 Å². The largest absolute Gasteiger partial charge is 0.508 e. The summed E-state index contributed by atoms with van der Waals surface area (Å²) < 4.78 is 0. The number of benzene rings is 1. The zero-order chi connectivity index (χ0) is 32.5. The number of rotatable bonds is 7. The number of carbonyl (C=O) groups excluding carboxylic acids is 3. The number of fused-ring (bicyclic) bond motifs is 3. The van der Waals surface area contributed by atoms with Gasteiger partial charge in [0.1, 0.15) is 22.8 Å². The first-order chi connectivity index (χ1) is 19.8. The number of nitrogens with two attached hydrogens (primary N) is 1. The molecule has 3 aliphatic rings. The molecule has 1 aromatic carbocycles. The third-order valence-electron chi connectivity index (χ3n) is 9.34. The Kier molecular flexibility index (Phi) is 8.24. The molecule has 0 heterocycles. The smallest absolute Gasteiger partial charge is 0.255 e. The van der Waals surface area contributed by atoms with E-state index in [1.54, 1.807) is 14.1 Å². The summed E-state index contributed by atoms with van der Waals surface area (Å²) in [4.78, 5) is 44.9. The molecule has 1 saturated carbocycles. The van der Waals surface area contributed by atoms with Gasteiger partial charge in [-0.2, -0.15) is 0 Å². The monoisotopic (exact) mass is 600 g/mol. The van der Waals surface area contributed by atoms with Crippen molar-refractivity contribution in [1.29, 1.82) is 0 Å². The number of hydrogen-bond donors (Lipinski definition) is 6. The highest BCUT2D eigenvalue weighted by Gasteiger charge is 2.64. The number of phenolic OH excluding ortho intramolecular Hbond substituents is 1. The van der Waals surface area contributed by atoms with Gasteiger partial charge in [0.2, 0.25) is 5.78 Å². The van der Waals surface area contributed by atoms with Crippen LogP contribution in [0.25, 0.3) is 5.76 Å². The second-order valence-corrected chi connectivity index (χ2v) is 13.6. The molecule has 1 fully saturated rings. The molecule has 43 heavy (non-hydrogen) atoms. The van der Waals surface area contributed by atoms with Crippen molar-refractivity contribution in [1.82, 2.24) is 9.80 Å². The molecule has 0 aliphatic heterocycles. The third kappa shape index (κ3) is 4.90. The van der Waals surface area contributed by atoms with Gasteiger partial charge in [0.05, 0.1) is 18.2 Å². The average molecular weight is 601 g/mol. The van der Waals surface area contributed by atoms with Gasteiger partial charge in [0.15, 0.2) is 11.4 Å². The number of carbonyl (C=O) groups is 3. The van der Waals surface area contributed by atoms with Crippen LogP contribution >= 0.6 is 0 Å². The molecule has 4 rings (SSSR count). The molecular weight excluding hydrogens is 556 g/mol. The van der Waals surface area contributed by atoms with E-state index in [0.717, 1.165) is 11.3 Å². The topological polar surface area (TPSA) is 188 Å². The Labute approximate surface area is 251 Å². The van der Waals surface area contributed by atoms with Gasteiger partial charge >= 0.3 is 0 Å². The highest BCUT2D eigenvalue weighted by atomic mass is 16.3. The van der Waals surface area contributed by atoms with Gasteiger partial charge in [-0.1, -0.05) is 20.8 Å². The Balaban J connectivity index is 1.92. The first-order valence-electron chi connectivity index (χ1n) is 14.3. The van der Waals surface area contributed by atoms with E-state index in [2.05, 4.69) is 0 Å². The second kappa shape index (κ2) is 10.9. The standard InChI is InChI=1S/C31H44N4O8/c1-30(2,3)19(13-36)35(8)12-15-11-18(37)21-16(23(15)33(4)5)9-14-10-17-24(34(6)7)26(39)22(29(32)42)28(41)31(17,43)27(40)20(14)25(21)38/h11,14,17,19,24,36-38,41,43H,9-10,12-13H2,1-8H3,(H2,32,42)/t14-,17-,19+,24-,31-/m0/s1. The number of likely N-dealkylation sites (N-methyl/N-ethyl adjacent to an activating group) is 2. The van der Waals surface area contributed by atoms with Gasteiger partial charge in [-0.15, -0.1) is 0 Å². The molecule has 0 bridgehead atoms. The number of Topliss-reactive ketones (excluding diaryl/α,β-unsaturated/α-hetero) is 2. The number of primary amides is 1. The maximum atomic E-state index is 14.1. The predicted octanol–water partition coefficient (Wildman–Crippen LogP) is 0.869. The Hall–Kier alpha value is -3.45. The zero-order valence-electron chi connectivity index (χ0n) is 26.1. The Morgan fingerprint density at radius 2 is 1.72 bits per heavy atom. The number of phenols is 1. The van der Waals surface area contributed by atoms with Crippen molar-refractivity contribution in [3.8, 4) is 5.75 Å². The summed E-state index contributed by atoms with van der Waals surface area (Å²) in [6, 6.07) is 0.187. The Bertz CT molecular complexity index is 1440. The Morgan fingerprint density at radius 1 is 1.12 bits per heavy atom. The molecule has 0 unspecified atom stereocenters. The Morgan fingerprint density at radius 3 is 2.21 bits per heavy atom. The number of anilines is 1. The third-order valence-corrected chi connectivity index (χ3v) is 9.34. The fourth-order valence-electron chi connectivity index (χ4n) is 7.50. The minimum absolute atomic E-state index is 0.0140. The number of amides is 1. The lowest BCUT2D eigenvalue weighted by Crippen LogP contribution is -2.65. The van der Waals surface area contributed by atoms with Crippen molar-refractivity contribution in [2.24, 2.45) is 23.0 Å². The predicted molar refractivity (Wildman–Crippen MR) is 160 cm³/mol. The molecule has 0 radical (unpaired) electrons. The van der Waals surface area contributed by atoms with Crippen molar-refractivity contribution in [2.75, 3.05) is 46.7 Å². The van der Waals surface area contributed by atoms with Gasteiger partial charge < -0.3 is 36.2 Å². The van der Waals surface area contributed by atoms with E-state index >= 15 is 0 Å². The minimum Gasteiger partial charge on any atom is -0.508 e. The quantitative estimate of drug-likeness (QED) is 0.244. The van der Waals surface area contributed by atoms with Gasteiger partial charge in [-0.25, -0.2) is 0 Å². The molecule has 3 aliphatic carbocycles. The number of aliphatic hydroxyl groups is 4. The molecule has 7 N–H and O–H groups in total.